The second-order valence-corrected chi connectivity index (χ2v) is 3.21. The van der Waals surface area contributed by atoms with Gasteiger partial charge in [0.1, 0.15) is 6.17 Å². The number of halogens is 1. The van der Waals surface area contributed by atoms with Crippen molar-refractivity contribution in [1.82, 2.24) is 9.78 Å². The van der Waals surface area contributed by atoms with Crippen molar-refractivity contribution in [2.45, 2.75) is 18.5 Å². The third-order valence-corrected chi connectivity index (χ3v) is 2.27. The van der Waals surface area contributed by atoms with Gasteiger partial charge < -0.3 is 9.90 Å². The number of carbonyl (C=O) groups excluding carboxylic acids is 1. The van der Waals surface area contributed by atoms with Crippen molar-refractivity contribution in [1.29, 1.82) is 0 Å². The normalized spacial score (nSPS) is 24.1. The molecule has 0 aliphatic heterocycles. The SMILES string of the molecule is Cn1ncc(C(=O)[O-])c1[C@@H]1C[C@@H]1F.[K+]. The molecule has 2 atom stereocenters. The Bertz CT molecular complexity index is 366. The van der Waals surface area contributed by atoms with Crippen LogP contribution in [0.25, 0.3) is 0 Å². The van der Waals surface area contributed by atoms with Gasteiger partial charge in [-0.05, 0) is 6.42 Å². The van der Waals surface area contributed by atoms with Gasteiger partial charge in [-0.1, -0.05) is 0 Å². The number of nitrogens with zero attached hydrogens (tertiary/aromatic N) is 2. The van der Waals surface area contributed by atoms with E-state index in [9.17, 15) is 14.3 Å². The number of carboxylic acid groups (broad SMARTS) is 1. The van der Waals surface area contributed by atoms with Gasteiger partial charge in [-0.2, -0.15) is 5.10 Å². The quantitative estimate of drug-likeness (QED) is 0.490. The number of carboxylic acids is 1. The zero-order chi connectivity index (χ0) is 9.59. The summed E-state index contributed by atoms with van der Waals surface area (Å²) in [4.78, 5) is 10.6. The summed E-state index contributed by atoms with van der Waals surface area (Å²) in [5.74, 6) is -1.59. The molecule has 1 aromatic heterocycles. The largest absolute Gasteiger partial charge is 1.00 e. The van der Waals surface area contributed by atoms with Crippen LogP contribution in [0.1, 0.15) is 28.4 Å². The van der Waals surface area contributed by atoms with Crippen LogP contribution in [-0.2, 0) is 7.05 Å². The van der Waals surface area contributed by atoms with E-state index in [1.54, 1.807) is 7.05 Å². The molecule has 14 heavy (non-hydrogen) atoms. The Morgan fingerprint density at radius 2 is 2.36 bits per heavy atom. The van der Waals surface area contributed by atoms with E-state index in [0.717, 1.165) is 0 Å². The third kappa shape index (κ3) is 2.09. The number of aryl methyl sites for hydroxylation is 1. The molecule has 0 radical (unpaired) electrons. The molecule has 1 heterocycles. The summed E-state index contributed by atoms with van der Waals surface area (Å²) in [6, 6.07) is 0. The smallest absolute Gasteiger partial charge is 0.545 e. The summed E-state index contributed by atoms with van der Waals surface area (Å²) in [6.07, 6.45) is 0.670. The second kappa shape index (κ2) is 4.40. The number of aromatic carboxylic acids is 1. The van der Waals surface area contributed by atoms with Gasteiger partial charge in [-0.3, -0.25) is 4.68 Å². The van der Waals surface area contributed by atoms with Gasteiger partial charge >= 0.3 is 51.4 Å². The first-order valence-corrected chi connectivity index (χ1v) is 3.98. The zero-order valence-corrected chi connectivity index (χ0v) is 11.2. The molecule has 1 saturated carbocycles. The monoisotopic (exact) mass is 222 g/mol. The average molecular weight is 222 g/mol. The summed E-state index contributed by atoms with van der Waals surface area (Å²) in [5.41, 5.74) is 0.445. The number of alkyl halides is 1. The van der Waals surface area contributed by atoms with Crippen LogP contribution < -0.4 is 56.5 Å². The topological polar surface area (TPSA) is 58.0 Å². The Labute approximate surface area is 123 Å². The third-order valence-electron chi connectivity index (χ3n) is 2.27. The van der Waals surface area contributed by atoms with Gasteiger partial charge in [0.2, 0.25) is 0 Å². The molecule has 1 fully saturated rings. The number of carbonyl (C=O) groups is 1. The summed E-state index contributed by atoms with van der Waals surface area (Å²) >= 11 is 0. The molecule has 0 amide bonds. The molecule has 6 heteroatoms. The van der Waals surface area contributed by atoms with Crippen LogP contribution in [0.5, 0.6) is 0 Å². The van der Waals surface area contributed by atoms with Crippen LogP contribution in [0.2, 0.25) is 0 Å². The molecule has 0 N–H and O–H groups in total. The van der Waals surface area contributed by atoms with E-state index in [2.05, 4.69) is 5.10 Å². The standard InChI is InChI=1S/C8H9FN2O2.K/c1-11-7(4-2-6(4)9)5(3-10-11)8(12)13;/h3-4,6H,2H2,1H3,(H,12,13);/q;+1/p-1/t4-,6+;/m1./s1. The fourth-order valence-electron chi connectivity index (χ4n) is 1.49. The minimum atomic E-state index is -1.29. The number of rotatable bonds is 2. The number of hydrogen-bond acceptors (Lipinski definition) is 3. The Morgan fingerprint density at radius 3 is 2.79 bits per heavy atom. The first-order valence-electron chi connectivity index (χ1n) is 3.98. The van der Waals surface area contributed by atoms with Gasteiger partial charge in [0, 0.05) is 18.5 Å². The second-order valence-electron chi connectivity index (χ2n) is 3.21. The Morgan fingerprint density at radius 1 is 1.79 bits per heavy atom. The predicted octanol–water partition coefficient (Wildman–Crippen LogP) is -3.39. The summed E-state index contributed by atoms with van der Waals surface area (Å²) < 4.78 is 14.1. The van der Waals surface area contributed by atoms with Crippen molar-refractivity contribution >= 4 is 5.97 Å². The Balaban J connectivity index is 0.000000980. The molecule has 0 spiro atoms. The van der Waals surface area contributed by atoms with Crippen LogP contribution in [0.3, 0.4) is 0 Å². The van der Waals surface area contributed by atoms with E-state index in [-0.39, 0.29) is 62.9 Å². The minimum Gasteiger partial charge on any atom is -0.545 e. The van der Waals surface area contributed by atoms with Gasteiger partial charge in [0.15, 0.2) is 0 Å². The molecule has 1 aromatic rings. The minimum absolute atomic E-state index is 0. The maximum atomic E-state index is 12.7. The molecule has 1 aliphatic carbocycles. The van der Waals surface area contributed by atoms with Crippen LogP contribution in [0.15, 0.2) is 6.20 Å². The van der Waals surface area contributed by atoms with Crippen molar-refractivity contribution in [2.24, 2.45) is 7.05 Å². The van der Waals surface area contributed by atoms with Crippen molar-refractivity contribution in [3.8, 4) is 0 Å². The molecule has 2 rings (SSSR count). The molecule has 4 nitrogen and oxygen atoms in total. The van der Waals surface area contributed by atoms with Gasteiger partial charge in [-0.15, -0.1) is 0 Å². The Hall–Kier alpha value is 0.246. The van der Waals surface area contributed by atoms with Crippen molar-refractivity contribution in [2.75, 3.05) is 0 Å². The first-order chi connectivity index (χ1) is 6.11. The van der Waals surface area contributed by atoms with Crippen LogP contribution in [0.4, 0.5) is 4.39 Å². The molecule has 70 valence electrons. The maximum absolute atomic E-state index is 12.7. The number of hydrogen-bond donors (Lipinski definition) is 0. The van der Waals surface area contributed by atoms with Crippen molar-refractivity contribution < 1.29 is 65.7 Å². The van der Waals surface area contributed by atoms with Crippen LogP contribution >= 0.6 is 0 Å². The first kappa shape index (κ1) is 12.3. The van der Waals surface area contributed by atoms with Gasteiger partial charge in [-0.25, -0.2) is 4.39 Å². The fraction of sp³-hybridized carbons (Fsp3) is 0.500. The maximum Gasteiger partial charge on any atom is 1.00 e. The van der Waals surface area contributed by atoms with E-state index >= 15 is 0 Å². The fourth-order valence-corrected chi connectivity index (χ4v) is 1.49. The number of aromatic nitrogens is 2. The van der Waals surface area contributed by atoms with Crippen molar-refractivity contribution in [3.63, 3.8) is 0 Å². The van der Waals surface area contributed by atoms with Gasteiger partial charge in [0.05, 0.1) is 17.9 Å². The molecule has 1 aliphatic rings. The zero-order valence-electron chi connectivity index (χ0n) is 8.03. The molecule has 0 unspecified atom stereocenters. The predicted molar refractivity (Wildman–Crippen MR) is 39.8 cm³/mol. The molecule has 0 aromatic carbocycles. The molecule has 0 saturated heterocycles. The van der Waals surface area contributed by atoms with E-state index in [1.807, 2.05) is 0 Å². The van der Waals surface area contributed by atoms with Crippen LogP contribution in [0, 0.1) is 0 Å². The van der Waals surface area contributed by atoms with E-state index < -0.39 is 12.1 Å². The van der Waals surface area contributed by atoms with Crippen molar-refractivity contribution in [3.05, 3.63) is 17.5 Å². The van der Waals surface area contributed by atoms with E-state index in [1.165, 1.54) is 10.9 Å². The van der Waals surface area contributed by atoms with E-state index in [4.69, 9.17) is 0 Å². The summed E-state index contributed by atoms with van der Waals surface area (Å²) in [6.45, 7) is 0. The van der Waals surface area contributed by atoms with E-state index in [0.29, 0.717) is 12.1 Å². The average Bonchev–Trinajstić information content (AvgIpc) is 2.60. The Kier molecular flexibility index (Phi) is 3.87. The van der Waals surface area contributed by atoms with Crippen LogP contribution in [-0.4, -0.2) is 21.9 Å². The molecular weight excluding hydrogens is 214 g/mol. The van der Waals surface area contributed by atoms with Gasteiger partial charge in [0.25, 0.3) is 0 Å². The molecular formula is C8H8FKN2O2. The summed E-state index contributed by atoms with van der Waals surface area (Å²) in [5, 5.41) is 14.3. The summed E-state index contributed by atoms with van der Waals surface area (Å²) in [7, 11) is 1.60. The molecule has 0 bridgehead atoms.